The van der Waals surface area contributed by atoms with Crippen molar-refractivity contribution in [2.45, 2.75) is 20.3 Å². The molecule has 0 N–H and O–H groups in total. The number of hydrogen-bond donors (Lipinski definition) is 0. The van der Waals surface area contributed by atoms with Crippen LogP contribution in [0.25, 0.3) is 0 Å². The van der Waals surface area contributed by atoms with Gasteiger partial charge in [-0.25, -0.2) is 0 Å². The van der Waals surface area contributed by atoms with Crippen LogP contribution in [0, 0.1) is 0 Å². The Labute approximate surface area is 120 Å². The minimum Gasteiger partial charge on any atom is -0.333 e. The van der Waals surface area contributed by atoms with Gasteiger partial charge in [-0.2, -0.15) is 0 Å². The molecule has 0 bridgehead atoms. The van der Waals surface area contributed by atoms with Crippen molar-refractivity contribution in [2.24, 2.45) is 0 Å². The summed E-state index contributed by atoms with van der Waals surface area (Å²) in [5, 5.41) is 0. The lowest BCUT2D eigenvalue weighted by molar-refractivity contribution is -0.128. The zero-order chi connectivity index (χ0) is 14.5. The highest BCUT2D eigenvalue weighted by Gasteiger charge is 2.26. The van der Waals surface area contributed by atoms with E-state index < -0.39 is 5.78 Å². The number of piperazine rings is 1. The van der Waals surface area contributed by atoms with Crippen molar-refractivity contribution in [1.82, 2.24) is 9.80 Å². The number of likely N-dealkylation sites (N-methyl/N-ethyl adjacent to an activating group) is 1. The van der Waals surface area contributed by atoms with Gasteiger partial charge in [-0.05, 0) is 18.5 Å². The molecule has 2 rings (SSSR count). The van der Waals surface area contributed by atoms with Gasteiger partial charge in [-0.15, -0.1) is 0 Å². The monoisotopic (exact) mass is 274 g/mol. The molecule has 0 radical (unpaired) electrons. The largest absolute Gasteiger partial charge is 0.333 e. The fourth-order valence-corrected chi connectivity index (χ4v) is 2.43. The van der Waals surface area contributed by atoms with E-state index in [0.717, 1.165) is 26.1 Å². The molecule has 0 aromatic heterocycles. The van der Waals surface area contributed by atoms with Crippen molar-refractivity contribution in [3.63, 3.8) is 0 Å². The summed E-state index contributed by atoms with van der Waals surface area (Å²) in [7, 11) is 0. The third-order valence-corrected chi connectivity index (χ3v) is 3.93. The molecule has 0 unspecified atom stereocenters. The average molecular weight is 274 g/mol. The fraction of sp³-hybridized carbons (Fsp3) is 0.500. The van der Waals surface area contributed by atoms with Crippen LogP contribution < -0.4 is 0 Å². The van der Waals surface area contributed by atoms with Gasteiger partial charge in [-0.1, -0.05) is 38.1 Å². The SMILES string of the molecule is CCc1ccc(C(=O)C(=O)N2CCN(CC)CC2)cc1. The molecule has 1 saturated heterocycles. The van der Waals surface area contributed by atoms with Crippen LogP contribution in [0.5, 0.6) is 0 Å². The molecule has 1 aromatic rings. The fourth-order valence-electron chi connectivity index (χ4n) is 2.43. The Bertz CT molecular complexity index is 474. The second kappa shape index (κ2) is 6.66. The van der Waals surface area contributed by atoms with Crippen LogP contribution in [0.1, 0.15) is 29.8 Å². The van der Waals surface area contributed by atoms with E-state index in [0.29, 0.717) is 18.7 Å². The van der Waals surface area contributed by atoms with Crippen LogP contribution in [0.3, 0.4) is 0 Å². The van der Waals surface area contributed by atoms with E-state index in [1.807, 2.05) is 12.1 Å². The number of aryl methyl sites for hydroxylation is 1. The summed E-state index contributed by atoms with van der Waals surface area (Å²) < 4.78 is 0. The molecule has 0 atom stereocenters. The third kappa shape index (κ3) is 3.25. The maximum atomic E-state index is 12.2. The zero-order valence-electron chi connectivity index (χ0n) is 12.3. The van der Waals surface area contributed by atoms with Crippen molar-refractivity contribution in [3.8, 4) is 0 Å². The van der Waals surface area contributed by atoms with Crippen molar-refractivity contribution in [1.29, 1.82) is 0 Å². The summed E-state index contributed by atoms with van der Waals surface area (Å²) in [6.45, 7) is 8.16. The number of amides is 1. The predicted molar refractivity (Wildman–Crippen MR) is 78.8 cm³/mol. The molecule has 1 heterocycles. The molecular formula is C16H22N2O2. The van der Waals surface area contributed by atoms with Gasteiger partial charge in [0, 0.05) is 31.7 Å². The Morgan fingerprint density at radius 1 is 1.00 bits per heavy atom. The summed E-state index contributed by atoms with van der Waals surface area (Å²) in [5.41, 5.74) is 1.66. The molecule has 20 heavy (non-hydrogen) atoms. The molecule has 1 aliphatic heterocycles. The topological polar surface area (TPSA) is 40.6 Å². The summed E-state index contributed by atoms with van der Waals surface area (Å²) in [4.78, 5) is 28.3. The van der Waals surface area contributed by atoms with E-state index in [-0.39, 0.29) is 5.91 Å². The Morgan fingerprint density at radius 2 is 1.60 bits per heavy atom. The highest BCUT2D eigenvalue weighted by atomic mass is 16.2. The number of benzene rings is 1. The highest BCUT2D eigenvalue weighted by Crippen LogP contribution is 2.09. The zero-order valence-corrected chi connectivity index (χ0v) is 12.3. The molecule has 4 heteroatoms. The first kappa shape index (κ1) is 14.7. The van der Waals surface area contributed by atoms with Crippen LogP contribution in [-0.2, 0) is 11.2 Å². The summed E-state index contributed by atoms with van der Waals surface area (Å²) in [6, 6.07) is 7.33. The van der Waals surface area contributed by atoms with Gasteiger partial charge in [-0.3, -0.25) is 9.59 Å². The number of Topliss-reactive ketones (excluding diaryl/α,β-unsaturated/α-hetero) is 1. The Balaban J connectivity index is 1.99. The van der Waals surface area contributed by atoms with E-state index >= 15 is 0 Å². The average Bonchev–Trinajstić information content (AvgIpc) is 2.53. The number of carbonyl (C=O) groups excluding carboxylic acids is 2. The second-order valence-corrected chi connectivity index (χ2v) is 5.11. The lowest BCUT2D eigenvalue weighted by Gasteiger charge is -2.33. The predicted octanol–water partition coefficient (Wildman–Crippen LogP) is 1.60. The smallest absolute Gasteiger partial charge is 0.295 e. The molecule has 1 aromatic carbocycles. The van der Waals surface area contributed by atoms with Crippen molar-refractivity contribution < 1.29 is 9.59 Å². The van der Waals surface area contributed by atoms with Gasteiger partial charge in [0.05, 0.1) is 0 Å². The van der Waals surface area contributed by atoms with E-state index in [9.17, 15) is 9.59 Å². The van der Waals surface area contributed by atoms with Crippen molar-refractivity contribution in [2.75, 3.05) is 32.7 Å². The lowest BCUT2D eigenvalue weighted by atomic mass is 10.1. The van der Waals surface area contributed by atoms with Crippen molar-refractivity contribution >= 4 is 11.7 Å². The lowest BCUT2D eigenvalue weighted by Crippen LogP contribution is -2.50. The molecular weight excluding hydrogens is 252 g/mol. The van der Waals surface area contributed by atoms with Crippen LogP contribution in [0.2, 0.25) is 0 Å². The molecule has 1 fully saturated rings. The minimum absolute atomic E-state index is 0.370. The second-order valence-electron chi connectivity index (χ2n) is 5.11. The highest BCUT2D eigenvalue weighted by molar-refractivity contribution is 6.42. The van der Waals surface area contributed by atoms with E-state index in [2.05, 4.69) is 18.7 Å². The molecule has 0 aliphatic carbocycles. The first-order valence-corrected chi connectivity index (χ1v) is 7.30. The Kier molecular flexibility index (Phi) is 4.90. The van der Waals surface area contributed by atoms with E-state index in [1.54, 1.807) is 17.0 Å². The first-order chi connectivity index (χ1) is 9.65. The normalized spacial score (nSPS) is 16.2. The van der Waals surface area contributed by atoms with Gasteiger partial charge < -0.3 is 9.80 Å². The maximum absolute atomic E-state index is 12.2. The van der Waals surface area contributed by atoms with Crippen LogP contribution in [0.4, 0.5) is 0 Å². The molecule has 4 nitrogen and oxygen atoms in total. The van der Waals surface area contributed by atoms with E-state index in [4.69, 9.17) is 0 Å². The van der Waals surface area contributed by atoms with Crippen LogP contribution in [0.15, 0.2) is 24.3 Å². The summed E-state index contributed by atoms with van der Waals surface area (Å²) in [6.07, 6.45) is 0.932. The first-order valence-electron chi connectivity index (χ1n) is 7.30. The quantitative estimate of drug-likeness (QED) is 0.618. The minimum atomic E-state index is -0.391. The molecule has 108 valence electrons. The molecule has 0 spiro atoms. The van der Waals surface area contributed by atoms with Gasteiger partial charge in [0.2, 0.25) is 5.78 Å². The van der Waals surface area contributed by atoms with Gasteiger partial charge in [0.15, 0.2) is 0 Å². The van der Waals surface area contributed by atoms with Crippen molar-refractivity contribution in [3.05, 3.63) is 35.4 Å². The number of carbonyl (C=O) groups is 2. The van der Waals surface area contributed by atoms with E-state index in [1.165, 1.54) is 5.56 Å². The molecule has 1 aliphatic rings. The number of ketones is 1. The molecule has 1 amide bonds. The maximum Gasteiger partial charge on any atom is 0.295 e. The number of nitrogens with zero attached hydrogens (tertiary/aromatic N) is 2. The van der Waals surface area contributed by atoms with Gasteiger partial charge >= 0.3 is 0 Å². The van der Waals surface area contributed by atoms with Gasteiger partial charge in [0.25, 0.3) is 5.91 Å². The Hall–Kier alpha value is -1.68. The molecule has 0 saturated carbocycles. The van der Waals surface area contributed by atoms with Crippen LogP contribution in [-0.4, -0.2) is 54.2 Å². The van der Waals surface area contributed by atoms with Crippen LogP contribution >= 0.6 is 0 Å². The number of hydrogen-bond acceptors (Lipinski definition) is 3. The third-order valence-electron chi connectivity index (χ3n) is 3.93. The summed E-state index contributed by atoms with van der Waals surface area (Å²) in [5.74, 6) is -0.761. The number of rotatable bonds is 4. The standard InChI is InChI=1S/C16H22N2O2/c1-3-13-5-7-14(8-6-13)15(19)16(20)18-11-9-17(4-2)10-12-18/h5-8H,3-4,9-12H2,1-2H3. The summed E-state index contributed by atoms with van der Waals surface area (Å²) >= 11 is 0. The van der Waals surface area contributed by atoms with Gasteiger partial charge in [0.1, 0.15) is 0 Å². The Morgan fingerprint density at radius 3 is 2.10 bits per heavy atom.